The molecule has 82 valence electrons. The van der Waals surface area contributed by atoms with E-state index in [1.165, 1.54) is 38.6 Å². The molecule has 1 aliphatic heterocycles. The summed E-state index contributed by atoms with van der Waals surface area (Å²) in [6, 6.07) is 0.804. The monoisotopic (exact) mass is 197 g/mol. The molecule has 14 heavy (non-hydrogen) atoms. The van der Waals surface area contributed by atoms with Gasteiger partial charge in [0.05, 0.1) is 0 Å². The molecule has 1 saturated heterocycles. The van der Waals surface area contributed by atoms with Crippen LogP contribution in [-0.2, 0) is 4.74 Å². The van der Waals surface area contributed by atoms with Crippen LogP contribution in [0.15, 0.2) is 0 Å². The van der Waals surface area contributed by atoms with Crippen LogP contribution < -0.4 is 5.32 Å². The van der Waals surface area contributed by atoms with Gasteiger partial charge in [0, 0.05) is 19.3 Å². The molecule has 2 rings (SSSR count). The molecular formula is C12H23NO. The summed E-state index contributed by atoms with van der Waals surface area (Å²) in [4.78, 5) is 0. The van der Waals surface area contributed by atoms with Gasteiger partial charge in [-0.15, -0.1) is 0 Å². The first-order valence-corrected chi connectivity index (χ1v) is 6.17. The molecule has 0 aromatic rings. The molecule has 1 aliphatic carbocycles. The highest BCUT2D eigenvalue weighted by Gasteiger charge is 2.23. The Morgan fingerprint density at radius 1 is 1.14 bits per heavy atom. The van der Waals surface area contributed by atoms with Gasteiger partial charge in [-0.05, 0) is 44.1 Å². The fourth-order valence-electron chi connectivity index (χ4n) is 2.72. The molecule has 0 amide bonds. The second-order valence-electron chi connectivity index (χ2n) is 4.98. The van der Waals surface area contributed by atoms with Gasteiger partial charge < -0.3 is 10.1 Å². The third-order valence-electron chi connectivity index (χ3n) is 3.87. The van der Waals surface area contributed by atoms with E-state index in [1.54, 1.807) is 0 Å². The van der Waals surface area contributed by atoms with Gasteiger partial charge in [-0.3, -0.25) is 0 Å². The highest BCUT2D eigenvalue weighted by Crippen LogP contribution is 2.25. The Morgan fingerprint density at radius 3 is 2.57 bits per heavy atom. The van der Waals surface area contributed by atoms with Gasteiger partial charge in [0.1, 0.15) is 0 Å². The normalized spacial score (nSPS) is 34.9. The lowest BCUT2D eigenvalue weighted by Crippen LogP contribution is -2.36. The fourth-order valence-corrected chi connectivity index (χ4v) is 2.72. The van der Waals surface area contributed by atoms with Crippen molar-refractivity contribution in [3.63, 3.8) is 0 Å². The Labute approximate surface area is 87.4 Å². The maximum Gasteiger partial charge on any atom is 0.0469 e. The molecule has 2 nitrogen and oxygen atoms in total. The molecule has 1 saturated carbocycles. The van der Waals surface area contributed by atoms with Crippen molar-refractivity contribution in [1.82, 2.24) is 5.32 Å². The average Bonchev–Trinajstić information content (AvgIpc) is 2.63. The van der Waals surface area contributed by atoms with Crippen molar-refractivity contribution in [3.8, 4) is 0 Å². The van der Waals surface area contributed by atoms with E-state index in [0.29, 0.717) is 0 Å². The van der Waals surface area contributed by atoms with Crippen molar-refractivity contribution in [3.05, 3.63) is 0 Å². The first-order chi connectivity index (χ1) is 6.86. The summed E-state index contributed by atoms with van der Waals surface area (Å²) in [5.74, 6) is 1.77. The molecule has 1 heterocycles. The molecule has 2 unspecified atom stereocenters. The molecule has 2 fully saturated rings. The van der Waals surface area contributed by atoms with Gasteiger partial charge in [0.2, 0.25) is 0 Å². The second-order valence-corrected chi connectivity index (χ2v) is 4.98. The van der Waals surface area contributed by atoms with Crippen molar-refractivity contribution in [1.29, 1.82) is 0 Å². The van der Waals surface area contributed by atoms with Crippen molar-refractivity contribution in [2.45, 2.75) is 45.1 Å². The summed E-state index contributed by atoms with van der Waals surface area (Å²) < 4.78 is 5.36. The van der Waals surface area contributed by atoms with E-state index in [1.807, 2.05) is 0 Å². The Balaban J connectivity index is 1.65. The minimum Gasteiger partial charge on any atom is -0.381 e. The van der Waals surface area contributed by atoms with Crippen LogP contribution in [0.5, 0.6) is 0 Å². The zero-order valence-corrected chi connectivity index (χ0v) is 9.30. The summed E-state index contributed by atoms with van der Waals surface area (Å²) in [5, 5.41) is 3.75. The highest BCUT2D eigenvalue weighted by atomic mass is 16.5. The number of nitrogens with one attached hydrogen (secondary N) is 1. The minimum absolute atomic E-state index is 0.804. The van der Waals surface area contributed by atoms with Crippen LogP contribution in [0.1, 0.15) is 39.0 Å². The van der Waals surface area contributed by atoms with E-state index >= 15 is 0 Å². The van der Waals surface area contributed by atoms with Gasteiger partial charge in [0.15, 0.2) is 0 Å². The van der Waals surface area contributed by atoms with E-state index in [0.717, 1.165) is 31.1 Å². The van der Waals surface area contributed by atoms with Crippen LogP contribution in [0.4, 0.5) is 0 Å². The smallest absolute Gasteiger partial charge is 0.0469 e. The van der Waals surface area contributed by atoms with Crippen molar-refractivity contribution < 1.29 is 4.74 Å². The number of ether oxygens (including phenoxy) is 1. The van der Waals surface area contributed by atoms with Gasteiger partial charge in [-0.25, -0.2) is 0 Å². The van der Waals surface area contributed by atoms with E-state index in [4.69, 9.17) is 4.74 Å². The first-order valence-electron chi connectivity index (χ1n) is 6.17. The lowest BCUT2D eigenvalue weighted by atomic mass is 9.99. The standard InChI is InChI=1S/C12H23NO/c1-10-3-2-4-12(10)13-9-11-5-7-14-8-6-11/h10-13H,2-9H2,1H3. The van der Waals surface area contributed by atoms with Crippen LogP contribution in [-0.4, -0.2) is 25.8 Å². The Kier molecular flexibility index (Phi) is 3.82. The van der Waals surface area contributed by atoms with E-state index in [-0.39, 0.29) is 0 Å². The third-order valence-corrected chi connectivity index (χ3v) is 3.87. The molecular weight excluding hydrogens is 174 g/mol. The van der Waals surface area contributed by atoms with Gasteiger partial charge in [-0.1, -0.05) is 13.3 Å². The van der Waals surface area contributed by atoms with Crippen LogP contribution in [0.3, 0.4) is 0 Å². The van der Waals surface area contributed by atoms with Crippen LogP contribution in [0.25, 0.3) is 0 Å². The SMILES string of the molecule is CC1CCCC1NCC1CCOCC1. The van der Waals surface area contributed by atoms with E-state index in [2.05, 4.69) is 12.2 Å². The lowest BCUT2D eigenvalue weighted by Gasteiger charge is -2.25. The molecule has 0 radical (unpaired) electrons. The summed E-state index contributed by atoms with van der Waals surface area (Å²) >= 11 is 0. The number of rotatable bonds is 3. The zero-order chi connectivity index (χ0) is 9.80. The van der Waals surface area contributed by atoms with Crippen LogP contribution >= 0.6 is 0 Å². The average molecular weight is 197 g/mol. The minimum atomic E-state index is 0.804. The Morgan fingerprint density at radius 2 is 1.93 bits per heavy atom. The van der Waals surface area contributed by atoms with E-state index < -0.39 is 0 Å². The number of hydrogen-bond donors (Lipinski definition) is 1. The predicted molar refractivity (Wildman–Crippen MR) is 58.3 cm³/mol. The van der Waals surface area contributed by atoms with Gasteiger partial charge in [-0.2, -0.15) is 0 Å². The summed E-state index contributed by atoms with van der Waals surface area (Å²) in [7, 11) is 0. The maximum atomic E-state index is 5.36. The fraction of sp³-hybridized carbons (Fsp3) is 1.00. The molecule has 2 heteroatoms. The Hall–Kier alpha value is -0.0800. The maximum absolute atomic E-state index is 5.36. The molecule has 1 N–H and O–H groups in total. The van der Waals surface area contributed by atoms with Crippen molar-refractivity contribution >= 4 is 0 Å². The largest absolute Gasteiger partial charge is 0.381 e. The van der Waals surface area contributed by atoms with Crippen molar-refractivity contribution in [2.24, 2.45) is 11.8 Å². The topological polar surface area (TPSA) is 21.3 Å². The third kappa shape index (κ3) is 2.71. The quantitative estimate of drug-likeness (QED) is 0.749. The zero-order valence-electron chi connectivity index (χ0n) is 9.30. The molecule has 2 aliphatic rings. The van der Waals surface area contributed by atoms with Gasteiger partial charge >= 0.3 is 0 Å². The van der Waals surface area contributed by atoms with Crippen LogP contribution in [0.2, 0.25) is 0 Å². The Bertz CT molecular complexity index is 166. The molecule has 0 bridgehead atoms. The summed E-state index contributed by atoms with van der Waals surface area (Å²) in [6.45, 7) is 5.56. The number of hydrogen-bond acceptors (Lipinski definition) is 2. The van der Waals surface area contributed by atoms with E-state index in [9.17, 15) is 0 Å². The first kappa shape index (κ1) is 10.4. The lowest BCUT2D eigenvalue weighted by molar-refractivity contribution is 0.0651. The molecule has 2 atom stereocenters. The van der Waals surface area contributed by atoms with Crippen LogP contribution in [0, 0.1) is 11.8 Å². The molecule has 0 aromatic carbocycles. The second kappa shape index (κ2) is 5.13. The molecule has 0 aromatic heterocycles. The van der Waals surface area contributed by atoms with Crippen molar-refractivity contribution in [2.75, 3.05) is 19.8 Å². The summed E-state index contributed by atoms with van der Waals surface area (Å²) in [5.41, 5.74) is 0. The predicted octanol–water partition coefficient (Wildman–Crippen LogP) is 2.19. The summed E-state index contributed by atoms with van der Waals surface area (Å²) in [6.07, 6.45) is 6.75. The molecule has 0 spiro atoms. The van der Waals surface area contributed by atoms with Gasteiger partial charge in [0.25, 0.3) is 0 Å². The highest BCUT2D eigenvalue weighted by molar-refractivity contribution is 4.81.